The fourth-order valence-electron chi connectivity index (χ4n) is 4.58. The normalized spacial score (nSPS) is 21.0. The standard InChI is InChI=1S/C25H29N5O5/c1-13-6-8-17(14(2)10-13)28-24(32)20-21(15-7-9-18(34-4)19(11-15)35-5)29-23-16(22(26)31)12-27-30(23)25(20,3)33/h6-12,20-21,29,33H,1-5H3,(H2,26,31)(H,28,32)/t20-,21+,25-/m1/s1. The SMILES string of the molecule is COc1ccc([C@@H]2Nc3c(C(N)=O)cnn3[C@](C)(O)[C@H]2C(=O)Nc2ccc(C)cc2C)cc1OC. The van der Waals surface area contributed by atoms with E-state index in [9.17, 15) is 14.7 Å². The van der Waals surface area contributed by atoms with Crippen LogP contribution in [-0.2, 0) is 10.5 Å². The molecular weight excluding hydrogens is 450 g/mol. The Labute approximate surface area is 203 Å². The first kappa shape index (κ1) is 24.1. The van der Waals surface area contributed by atoms with Gasteiger partial charge in [0.05, 0.1) is 26.5 Å². The lowest BCUT2D eigenvalue weighted by molar-refractivity contribution is -0.143. The zero-order valence-corrected chi connectivity index (χ0v) is 20.2. The fourth-order valence-corrected chi connectivity index (χ4v) is 4.58. The van der Waals surface area contributed by atoms with Gasteiger partial charge in [-0.3, -0.25) is 9.59 Å². The smallest absolute Gasteiger partial charge is 0.254 e. The number of aliphatic hydroxyl groups is 1. The first-order valence-corrected chi connectivity index (χ1v) is 11.1. The Morgan fingerprint density at radius 1 is 1.14 bits per heavy atom. The summed E-state index contributed by atoms with van der Waals surface area (Å²) in [4.78, 5) is 25.8. The lowest BCUT2D eigenvalue weighted by Crippen LogP contribution is -2.53. The third-order valence-electron chi connectivity index (χ3n) is 6.37. The van der Waals surface area contributed by atoms with Crippen molar-refractivity contribution in [2.75, 3.05) is 24.9 Å². The van der Waals surface area contributed by atoms with E-state index < -0.39 is 29.5 Å². The molecule has 1 aliphatic heterocycles. The molecule has 4 rings (SSSR count). The van der Waals surface area contributed by atoms with Crippen molar-refractivity contribution in [2.45, 2.75) is 32.5 Å². The molecule has 0 saturated heterocycles. The number of amides is 2. The van der Waals surface area contributed by atoms with Crippen molar-refractivity contribution >= 4 is 23.3 Å². The van der Waals surface area contributed by atoms with Gasteiger partial charge in [0.15, 0.2) is 17.2 Å². The number of fused-ring (bicyclic) bond motifs is 1. The van der Waals surface area contributed by atoms with E-state index in [2.05, 4.69) is 15.7 Å². The van der Waals surface area contributed by atoms with Crippen LogP contribution in [0.2, 0.25) is 0 Å². The number of hydrogen-bond donors (Lipinski definition) is 4. The van der Waals surface area contributed by atoms with Crippen molar-refractivity contribution in [3.05, 3.63) is 64.8 Å². The molecule has 184 valence electrons. The lowest BCUT2D eigenvalue weighted by atomic mass is 9.82. The molecule has 3 aromatic rings. The molecule has 3 atom stereocenters. The Morgan fingerprint density at radius 2 is 1.86 bits per heavy atom. The van der Waals surface area contributed by atoms with Crippen LogP contribution < -0.4 is 25.8 Å². The summed E-state index contributed by atoms with van der Waals surface area (Å²) in [5.41, 5.74) is 7.04. The van der Waals surface area contributed by atoms with Crippen LogP contribution in [0.1, 0.15) is 40.0 Å². The molecule has 0 aliphatic carbocycles. The number of hydrogen-bond acceptors (Lipinski definition) is 7. The number of rotatable bonds is 6. The van der Waals surface area contributed by atoms with Gasteiger partial charge in [-0.25, -0.2) is 4.68 Å². The first-order chi connectivity index (χ1) is 16.6. The molecule has 1 aromatic heterocycles. The fraction of sp³-hybridized carbons (Fsp3) is 0.320. The van der Waals surface area contributed by atoms with Gasteiger partial charge in [0, 0.05) is 5.69 Å². The van der Waals surface area contributed by atoms with Crippen LogP contribution in [0.25, 0.3) is 0 Å². The third-order valence-corrected chi connectivity index (χ3v) is 6.37. The van der Waals surface area contributed by atoms with Crippen molar-refractivity contribution in [3.8, 4) is 11.5 Å². The van der Waals surface area contributed by atoms with Crippen molar-refractivity contribution in [1.82, 2.24) is 9.78 Å². The number of carbonyl (C=O) groups is 2. The number of nitrogens with two attached hydrogens (primary N) is 1. The third kappa shape index (κ3) is 4.17. The van der Waals surface area contributed by atoms with Crippen LogP contribution in [0.3, 0.4) is 0 Å². The number of benzene rings is 2. The average Bonchev–Trinajstić information content (AvgIpc) is 3.25. The second-order valence-electron chi connectivity index (χ2n) is 8.80. The Kier molecular flexibility index (Phi) is 6.16. The van der Waals surface area contributed by atoms with Gasteiger partial charge in [0.25, 0.3) is 5.91 Å². The van der Waals surface area contributed by atoms with Gasteiger partial charge in [-0.1, -0.05) is 23.8 Å². The highest BCUT2D eigenvalue weighted by molar-refractivity contribution is 5.99. The molecular formula is C25H29N5O5. The quantitative estimate of drug-likeness (QED) is 0.426. The molecule has 10 heteroatoms. The van der Waals surface area contributed by atoms with E-state index in [-0.39, 0.29) is 11.4 Å². The molecule has 2 heterocycles. The molecule has 0 spiro atoms. The van der Waals surface area contributed by atoms with Crippen LogP contribution >= 0.6 is 0 Å². The van der Waals surface area contributed by atoms with Crippen LogP contribution in [0.5, 0.6) is 11.5 Å². The number of nitrogens with zero attached hydrogens (tertiary/aromatic N) is 2. The Morgan fingerprint density at radius 3 is 2.49 bits per heavy atom. The van der Waals surface area contributed by atoms with Gasteiger partial charge in [-0.2, -0.15) is 5.10 Å². The van der Waals surface area contributed by atoms with Crippen molar-refractivity contribution in [2.24, 2.45) is 11.7 Å². The zero-order chi connectivity index (χ0) is 25.5. The molecule has 35 heavy (non-hydrogen) atoms. The van der Waals surface area contributed by atoms with Crippen molar-refractivity contribution in [1.29, 1.82) is 0 Å². The summed E-state index contributed by atoms with van der Waals surface area (Å²) in [7, 11) is 3.04. The maximum Gasteiger partial charge on any atom is 0.254 e. The van der Waals surface area contributed by atoms with E-state index >= 15 is 0 Å². The highest BCUT2D eigenvalue weighted by Gasteiger charge is 2.51. The Bertz CT molecular complexity index is 1300. The summed E-state index contributed by atoms with van der Waals surface area (Å²) in [6.07, 6.45) is 1.27. The maximum absolute atomic E-state index is 13.7. The van der Waals surface area contributed by atoms with Gasteiger partial charge in [0.2, 0.25) is 5.91 Å². The Hall–Kier alpha value is -4.05. The minimum Gasteiger partial charge on any atom is -0.493 e. The van der Waals surface area contributed by atoms with Gasteiger partial charge >= 0.3 is 0 Å². The molecule has 1 aliphatic rings. The molecule has 0 unspecified atom stereocenters. The zero-order valence-electron chi connectivity index (χ0n) is 20.2. The number of primary amides is 1. The van der Waals surface area contributed by atoms with E-state index in [4.69, 9.17) is 15.2 Å². The summed E-state index contributed by atoms with van der Waals surface area (Å²) in [5, 5.41) is 22.0. The molecule has 0 radical (unpaired) electrons. The van der Waals surface area contributed by atoms with Gasteiger partial charge in [-0.05, 0) is 50.1 Å². The van der Waals surface area contributed by atoms with Crippen molar-refractivity contribution in [3.63, 3.8) is 0 Å². The number of methoxy groups -OCH3 is 2. The minimum absolute atomic E-state index is 0.101. The number of carbonyl (C=O) groups excluding carboxylic acids is 2. The second kappa shape index (κ2) is 8.95. The molecule has 0 saturated carbocycles. The van der Waals surface area contributed by atoms with Gasteiger partial charge < -0.3 is 30.9 Å². The van der Waals surface area contributed by atoms with E-state index in [1.165, 1.54) is 32.0 Å². The minimum atomic E-state index is -1.81. The molecule has 0 bridgehead atoms. The molecule has 2 aromatic carbocycles. The highest BCUT2D eigenvalue weighted by Crippen LogP contribution is 2.45. The topological polar surface area (TPSA) is 141 Å². The second-order valence-corrected chi connectivity index (χ2v) is 8.80. The van der Waals surface area contributed by atoms with E-state index in [0.717, 1.165) is 11.1 Å². The summed E-state index contributed by atoms with van der Waals surface area (Å²) in [6.45, 7) is 5.35. The predicted molar refractivity (Wildman–Crippen MR) is 131 cm³/mol. The van der Waals surface area contributed by atoms with Gasteiger partial charge in [-0.15, -0.1) is 0 Å². The van der Waals surface area contributed by atoms with Crippen LogP contribution in [0.4, 0.5) is 11.5 Å². The molecule has 5 N–H and O–H groups in total. The summed E-state index contributed by atoms with van der Waals surface area (Å²) >= 11 is 0. The van der Waals surface area contributed by atoms with E-state index in [1.54, 1.807) is 18.2 Å². The highest BCUT2D eigenvalue weighted by atomic mass is 16.5. The van der Waals surface area contributed by atoms with Crippen LogP contribution in [-0.4, -0.2) is 40.9 Å². The molecule has 2 amide bonds. The largest absolute Gasteiger partial charge is 0.493 e. The molecule has 0 fully saturated rings. The van der Waals surface area contributed by atoms with Crippen LogP contribution in [0.15, 0.2) is 42.6 Å². The molecule has 10 nitrogen and oxygen atoms in total. The van der Waals surface area contributed by atoms with Crippen molar-refractivity contribution < 1.29 is 24.2 Å². The number of ether oxygens (including phenoxy) is 2. The van der Waals surface area contributed by atoms with E-state index in [1.807, 2.05) is 32.0 Å². The first-order valence-electron chi connectivity index (χ1n) is 11.1. The lowest BCUT2D eigenvalue weighted by Gasteiger charge is -2.43. The monoisotopic (exact) mass is 479 g/mol. The Balaban J connectivity index is 1.84. The average molecular weight is 480 g/mol. The number of anilines is 2. The van der Waals surface area contributed by atoms with Gasteiger partial charge in [0.1, 0.15) is 17.3 Å². The summed E-state index contributed by atoms with van der Waals surface area (Å²) in [6, 6.07) is 10.1. The number of nitrogens with one attached hydrogen (secondary N) is 2. The van der Waals surface area contributed by atoms with Crippen LogP contribution in [0, 0.1) is 19.8 Å². The number of aryl methyl sites for hydroxylation is 2. The number of aromatic nitrogens is 2. The van der Waals surface area contributed by atoms with E-state index in [0.29, 0.717) is 22.7 Å². The summed E-state index contributed by atoms with van der Waals surface area (Å²) in [5.74, 6) is -1.02. The summed E-state index contributed by atoms with van der Waals surface area (Å²) < 4.78 is 12.0. The maximum atomic E-state index is 13.7. The predicted octanol–water partition coefficient (Wildman–Crippen LogP) is 2.70.